The summed E-state index contributed by atoms with van der Waals surface area (Å²) >= 11 is 0. The SMILES string of the molecule is CCCNC(=O)c1cccc(NC(=O)CCc2nc(-c3ccc(OCC)cc3)no2)c1. The van der Waals surface area contributed by atoms with Crippen LogP contribution in [0.15, 0.2) is 53.1 Å². The lowest BCUT2D eigenvalue weighted by Gasteiger charge is -2.07. The van der Waals surface area contributed by atoms with Gasteiger partial charge in [-0.05, 0) is 55.8 Å². The van der Waals surface area contributed by atoms with Crippen molar-refractivity contribution < 1.29 is 18.8 Å². The molecule has 0 aliphatic heterocycles. The molecule has 0 saturated heterocycles. The van der Waals surface area contributed by atoms with E-state index in [1.807, 2.05) is 38.1 Å². The molecule has 0 atom stereocenters. The minimum atomic E-state index is -0.202. The van der Waals surface area contributed by atoms with Gasteiger partial charge in [0.2, 0.25) is 17.6 Å². The average Bonchev–Trinajstić information content (AvgIpc) is 3.26. The second-order valence-electron chi connectivity index (χ2n) is 6.85. The summed E-state index contributed by atoms with van der Waals surface area (Å²) in [4.78, 5) is 28.7. The highest BCUT2D eigenvalue weighted by Crippen LogP contribution is 2.20. The van der Waals surface area contributed by atoms with E-state index in [2.05, 4.69) is 20.8 Å². The molecule has 2 N–H and O–H groups in total. The van der Waals surface area contributed by atoms with Crippen LogP contribution in [0.5, 0.6) is 5.75 Å². The molecule has 8 nitrogen and oxygen atoms in total. The minimum Gasteiger partial charge on any atom is -0.494 e. The van der Waals surface area contributed by atoms with Crippen LogP contribution in [0.25, 0.3) is 11.4 Å². The Morgan fingerprint density at radius 1 is 1.10 bits per heavy atom. The molecular formula is C23H26N4O4. The van der Waals surface area contributed by atoms with E-state index in [0.717, 1.165) is 17.7 Å². The molecule has 0 spiro atoms. The maximum atomic E-state index is 12.3. The van der Waals surface area contributed by atoms with Crippen molar-refractivity contribution in [3.63, 3.8) is 0 Å². The first kappa shape index (κ1) is 22.0. The number of anilines is 1. The average molecular weight is 422 g/mol. The predicted octanol–water partition coefficient (Wildman–Crippen LogP) is 3.85. The van der Waals surface area contributed by atoms with Gasteiger partial charge >= 0.3 is 0 Å². The molecule has 1 heterocycles. The van der Waals surface area contributed by atoms with E-state index in [4.69, 9.17) is 9.26 Å². The number of hydrogen-bond acceptors (Lipinski definition) is 6. The molecule has 0 unspecified atom stereocenters. The summed E-state index contributed by atoms with van der Waals surface area (Å²) in [7, 11) is 0. The Labute approximate surface area is 181 Å². The summed E-state index contributed by atoms with van der Waals surface area (Å²) in [6.07, 6.45) is 1.35. The first-order valence-electron chi connectivity index (χ1n) is 10.3. The number of nitrogens with zero attached hydrogens (tertiary/aromatic N) is 2. The fraction of sp³-hybridized carbons (Fsp3) is 0.304. The van der Waals surface area contributed by atoms with E-state index < -0.39 is 0 Å². The van der Waals surface area contributed by atoms with Crippen LogP contribution in [0.3, 0.4) is 0 Å². The highest BCUT2D eigenvalue weighted by Gasteiger charge is 2.12. The van der Waals surface area contributed by atoms with Crippen LogP contribution in [-0.4, -0.2) is 35.1 Å². The number of ether oxygens (including phenoxy) is 1. The van der Waals surface area contributed by atoms with Gasteiger partial charge in [0.1, 0.15) is 5.75 Å². The van der Waals surface area contributed by atoms with Crippen LogP contribution in [0.1, 0.15) is 42.9 Å². The van der Waals surface area contributed by atoms with E-state index in [0.29, 0.717) is 42.5 Å². The molecule has 3 aromatic rings. The van der Waals surface area contributed by atoms with Crippen molar-refractivity contribution in [2.45, 2.75) is 33.1 Å². The lowest BCUT2D eigenvalue weighted by Crippen LogP contribution is -2.24. The first-order valence-corrected chi connectivity index (χ1v) is 10.3. The normalized spacial score (nSPS) is 10.5. The molecule has 0 aliphatic carbocycles. The van der Waals surface area contributed by atoms with Crippen LogP contribution >= 0.6 is 0 Å². The molecule has 3 rings (SSSR count). The third kappa shape index (κ3) is 6.40. The zero-order chi connectivity index (χ0) is 22.1. The third-order valence-corrected chi connectivity index (χ3v) is 4.40. The van der Waals surface area contributed by atoms with Crippen molar-refractivity contribution in [2.24, 2.45) is 0 Å². The molecule has 2 aromatic carbocycles. The van der Waals surface area contributed by atoms with E-state index in [-0.39, 0.29) is 18.2 Å². The fourth-order valence-electron chi connectivity index (χ4n) is 2.86. The second kappa shape index (κ2) is 10.9. The van der Waals surface area contributed by atoms with E-state index in [1.165, 1.54) is 0 Å². The molecule has 0 bridgehead atoms. The Morgan fingerprint density at radius 3 is 2.65 bits per heavy atom. The quantitative estimate of drug-likeness (QED) is 0.514. The fourth-order valence-corrected chi connectivity index (χ4v) is 2.86. The minimum absolute atomic E-state index is 0.161. The molecule has 0 radical (unpaired) electrons. The molecule has 8 heteroatoms. The Bertz CT molecular complexity index is 1010. The number of rotatable bonds is 10. The molecule has 1 aromatic heterocycles. The van der Waals surface area contributed by atoms with Crippen LogP contribution in [-0.2, 0) is 11.2 Å². The van der Waals surface area contributed by atoms with Gasteiger partial charge in [-0.1, -0.05) is 18.1 Å². The highest BCUT2D eigenvalue weighted by molar-refractivity contribution is 5.97. The van der Waals surface area contributed by atoms with Gasteiger partial charge in [-0.15, -0.1) is 0 Å². The predicted molar refractivity (Wildman–Crippen MR) is 117 cm³/mol. The summed E-state index contributed by atoms with van der Waals surface area (Å²) < 4.78 is 10.7. The lowest BCUT2D eigenvalue weighted by molar-refractivity contribution is -0.116. The zero-order valence-electron chi connectivity index (χ0n) is 17.7. The van der Waals surface area contributed by atoms with Crippen LogP contribution in [0, 0.1) is 0 Å². The number of nitrogens with one attached hydrogen (secondary N) is 2. The Hall–Kier alpha value is -3.68. The Morgan fingerprint density at radius 2 is 1.90 bits per heavy atom. The lowest BCUT2D eigenvalue weighted by atomic mass is 10.1. The summed E-state index contributed by atoms with van der Waals surface area (Å²) in [5.41, 5.74) is 1.87. The Kier molecular flexibility index (Phi) is 7.75. The number of aromatic nitrogens is 2. The first-order chi connectivity index (χ1) is 15.1. The molecule has 0 saturated carbocycles. The number of hydrogen-bond donors (Lipinski definition) is 2. The van der Waals surface area contributed by atoms with Crippen LogP contribution in [0.4, 0.5) is 5.69 Å². The largest absolute Gasteiger partial charge is 0.494 e. The maximum Gasteiger partial charge on any atom is 0.251 e. The van der Waals surface area contributed by atoms with Gasteiger partial charge in [0.25, 0.3) is 5.91 Å². The number of carbonyl (C=O) groups is 2. The zero-order valence-corrected chi connectivity index (χ0v) is 17.7. The summed E-state index contributed by atoms with van der Waals surface area (Å²) in [6, 6.07) is 14.2. The van der Waals surface area contributed by atoms with E-state index >= 15 is 0 Å². The van der Waals surface area contributed by atoms with Crippen molar-refractivity contribution in [2.75, 3.05) is 18.5 Å². The molecule has 0 aliphatic rings. The van der Waals surface area contributed by atoms with Gasteiger partial charge in [-0.2, -0.15) is 4.98 Å². The highest BCUT2D eigenvalue weighted by atomic mass is 16.5. The topological polar surface area (TPSA) is 106 Å². The molecule has 162 valence electrons. The van der Waals surface area contributed by atoms with Crippen molar-refractivity contribution in [1.29, 1.82) is 0 Å². The summed E-state index contributed by atoms with van der Waals surface area (Å²) in [5.74, 6) is 1.26. The number of aryl methyl sites for hydroxylation is 1. The van der Waals surface area contributed by atoms with Gasteiger partial charge in [-0.25, -0.2) is 0 Å². The monoisotopic (exact) mass is 422 g/mol. The van der Waals surface area contributed by atoms with Gasteiger partial charge in [0.15, 0.2) is 0 Å². The van der Waals surface area contributed by atoms with Crippen LogP contribution in [0.2, 0.25) is 0 Å². The van der Waals surface area contributed by atoms with Gasteiger partial charge in [0.05, 0.1) is 6.61 Å². The van der Waals surface area contributed by atoms with Gasteiger partial charge in [-0.3, -0.25) is 9.59 Å². The van der Waals surface area contributed by atoms with Crippen molar-refractivity contribution in [1.82, 2.24) is 15.5 Å². The molecular weight excluding hydrogens is 396 g/mol. The van der Waals surface area contributed by atoms with Crippen molar-refractivity contribution in [3.8, 4) is 17.1 Å². The number of amides is 2. The van der Waals surface area contributed by atoms with Crippen LogP contribution < -0.4 is 15.4 Å². The second-order valence-corrected chi connectivity index (χ2v) is 6.85. The third-order valence-electron chi connectivity index (χ3n) is 4.40. The molecule has 2 amide bonds. The molecule has 31 heavy (non-hydrogen) atoms. The Balaban J connectivity index is 1.53. The summed E-state index contributed by atoms with van der Waals surface area (Å²) in [6.45, 7) is 5.13. The van der Waals surface area contributed by atoms with Gasteiger partial charge < -0.3 is 19.9 Å². The number of benzene rings is 2. The van der Waals surface area contributed by atoms with E-state index in [1.54, 1.807) is 24.3 Å². The smallest absolute Gasteiger partial charge is 0.251 e. The van der Waals surface area contributed by atoms with Crippen molar-refractivity contribution in [3.05, 3.63) is 60.0 Å². The maximum absolute atomic E-state index is 12.3. The number of carbonyl (C=O) groups excluding carboxylic acids is 2. The summed E-state index contributed by atoms with van der Waals surface area (Å²) in [5, 5.41) is 9.59. The van der Waals surface area contributed by atoms with E-state index in [9.17, 15) is 9.59 Å². The molecule has 0 fully saturated rings. The van der Waals surface area contributed by atoms with Gasteiger partial charge in [0, 0.05) is 36.2 Å². The standard InChI is InChI=1S/C23H26N4O4/c1-3-14-24-23(29)17-6-5-7-18(15-17)25-20(28)12-13-21-26-22(27-31-21)16-8-10-19(11-9-16)30-4-2/h5-11,15H,3-4,12-14H2,1-2H3,(H,24,29)(H,25,28). The van der Waals surface area contributed by atoms with Crippen molar-refractivity contribution >= 4 is 17.5 Å².